The second-order valence-electron chi connectivity index (χ2n) is 8.01. The molecule has 3 aromatic rings. The maximum Gasteiger partial charge on any atom is 0.266 e. The first-order chi connectivity index (χ1) is 13.9. The number of nitrogens with one attached hydrogen (secondary N) is 1. The molecule has 0 radical (unpaired) electrons. The van der Waals surface area contributed by atoms with Crippen molar-refractivity contribution in [3.8, 4) is 0 Å². The molecule has 6 nitrogen and oxygen atoms in total. The van der Waals surface area contributed by atoms with Crippen molar-refractivity contribution in [3.05, 3.63) is 57.0 Å². The summed E-state index contributed by atoms with van der Waals surface area (Å²) in [6.07, 6.45) is 4.02. The predicted molar refractivity (Wildman–Crippen MR) is 118 cm³/mol. The molecule has 1 aromatic carbocycles. The summed E-state index contributed by atoms with van der Waals surface area (Å²) in [7, 11) is 1.66. The van der Waals surface area contributed by atoms with E-state index >= 15 is 0 Å². The molecule has 4 rings (SSSR count). The second kappa shape index (κ2) is 8.08. The van der Waals surface area contributed by atoms with Crippen LogP contribution in [0.2, 0.25) is 0 Å². The zero-order valence-corrected chi connectivity index (χ0v) is 17.9. The van der Waals surface area contributed by atoms with Gasteiger partial charge >= 0.3 is 0 Å². The number of benzene rings is 1. The third-order valence-electron chi connectivity index (χ3n) is 5.71. The fraction of sp³-hybridized carbons (Fsp3) is 0.409. The molecule has 2 aromatic heterocycles. The number of carbonyl (C=O) groups is 1. The first-order valence-electron chi connectivity index (χ1n) is 9.99. The number of fused-ring (bicyclic) bond motifs is 1. The van der Waals surface area contributed by atoms with Crippen LogP contribution in [-0.2, 0) is 13.6 Å². The van der Waals surface area contributed by atoms with Gasteiger partial charge in [-0.05, 0) is 62.0 Å². The minimum absolute atomic E-state index is 0.126. The van der Waals surface area contributed by atoms with Gasteiger partial charge in [-0.1, -0.05) is 19.1 Å². The lowest BCUT2D eigenvalue weighted by Crippen LogP contribution is -2.32. The van der Waals surface area contributed by atoms with Crippen molar-refractivity contribution in [1.29, 1.82) is 0 Å². The van der Waals surface area contributed by atoms with Crippen LogP contribution in [0, 0.1) is 12.8 Å². The highest BCUT2D eigenvalue weighted by Crippen LogP contribution is 2.27. The number of nitrogens with zero attached hydrogens (tertiary/aromatic N) is 3. The summed E-state index contributed by atoms with van der Waals surface area (Å²) in [6.45, 7) is 7.38. The number of thiophene rings is 1. The smallest absolute Gasteiger partial charge is 0.266 e. The summed E-state index contributed by atoms with van der Waals surface area (Å²) in [5.74, 6) is 0.627. The topological polar surface area (TPSA) is 67.2 Å². The van der Waals surface area contributed by atoms with E-state index in [4.69, 9.17) is 0 Å². The molecule has 0 unspecified atom stereocenters. The number of amides is 1. The number of anilines is 1. The molecule has 1 fully saturated rings. The molecule has 0 saturated carbocycles. The number of aryl methyl sites for hydroxylation is 2. The van der Waals surface area contributed by atoms with Gasteiger partial charge in [0.1, 0.15) is 4.83 Å². The number of rotatable bonds is 4. The Morgan fingerprint density at radius 3 is 2.62 bits per heavy atom. The normalized spacial score (nSPS) is 15.7. The largest absolute Gasteiger partial charge is 0.321 e. The molecular weight excluding hydrogens is 384 g/mol. The highest BCUT2D eigenvalue weighted by atomic mass is 32.1. The predicted octanol–water partition coefficient (Wildman–Crippen LogP) is 3.79. The zero-order chi connectivity index (χ0) is 20.5. The van der Waals surface area contributed by atoms with E-state index in [0.717, 1.165) is 31.2 Å². The lowest BCUT2D eigenvalue weighted by Gasteiger charge is -2.30. The molecule has 7 heteroatoms. The molecule has 1 amide bonds. The molecule has 152 valence electrons. The highest BCUT2D eigenvalue weighted by molar-refractivity contribution is 7.20. The van der Waals surface area contributed by atoms with Crippen LogP contribution in [0.1, 0.15) is 40.6 Å². The van der Waals surface area contributed by atoms with E-state index < -0.39 is 0 Å². The van der Waals surface area contributed by atoms with Crippen molar-refractivity contribution in [2.24, 2.45) is 13.0 Å². The van der Waals surface area contributed by atoms with Gasteiger partial charge in [0.05, 0.1) is 16.6 Å². The van der Waals surface area contributed by atoms with E-state index in [1.807, 2.05) is 12.1 Å². The minimum Gasteiger partial charge on any atom is -0.321 e. The Hall–Kier alpha value is -2.51. The van der Waals surface area contributed by atoms with Gasteiger partial charge in [0.2, 0.25) is 0 Å². The van der Waals surface area contributed by atoms with E-state index in [2.05, 4.69) is 34.3 Å². The van der Waals surface area contributed by atoms with Gasteiger partial charge in [0.15, 0.2) is 0 Å². The van der Waals surface area contributed by atoms with Crippen LogP contribution in [0.4, 0.5) is 5.69 Å². The molecule has 29 heavy (non-hydrogen) atoms. The molecule has 0 spiro atoms. The van der Waals surface area contributed by atoms with Gasteiger partial charge in [0, 0.05) is 19.3 Å². The van der Waals surface area contributed by atoms with Crippen LogP contribution in [0.3, 0.4) is 0 Å². The quantitative estimate of drug-likeness (QED) is 0.711. The van der Waals surface area contributed by atoms with Crippen molar-refractivity contribution >= 4 is 33.1 Å². The summed E-state index contributed by atoms with van der Waals surface area (Å²) in [4.78, 5) is 33.0. The van der Waals surface area contributed by atoms with Crippen molar-refractivity contribution in [2.45, 2.75) is 33.2 Å². The van der Waals surface area contributed by atoms with Crippen LogP contribution in [-0.4, -0.2) is 33.4 Å². The molecular formula is C22H26N4O2S. The third kappa shape index (κ3) is 4.11. The van der Waals surface area contributed by atoms with Gasteiger partial charge in [0.25, 0.3) is 11.5 Å². The zero-order valence-electron chi connectivity index (χ0n) is 17.1. The third-order valence-corrected chi connectivity index (χ3v) is 6.91. The fourth-order valence-corrected chi connectivity index (χ4v) is 4.82. The Morgan fingerprint density at radius 2 is 1.93 bits per heavy atom. The van der Waals surface area contributed by atoms with E-state index in [9.17, 15) is 9.59 Å². The molecule has 1 saturated heterocycles. The number of piperidine rings is 1. The number of aromatic nitrogens is 2. The van der Waals surface area contributed by atoms with Gasteiger partial charge in [-0.2, -0.15) is 0 Å². The van der Waals surface area contributed by atoms with E-state index in [0.29, 0.717) is 20.7 Å². The SMILES string of the molecule is Cc1c(C(=O)Nc2ccc(CN3CCC(C)CC3)cc2)sc2ncn(C)c(=O)c12. The summed E-state index contributed by atoms with van der Waals surface area (Å²) in [6, 6.07) is 8.03. The Labute approximate surface area is 174 Å². The number of likely N-dealkylation sites (tertiary alicyclic amines) is 1. The number of carbonyl (C=O) groups excluding carboxylic acids is 1. The molecule has 0 atom stereocenters. The maximum atomic E-state index is 12.8. The Balaban J connectivity index is 1.46. The molecule has 3 heterocycles. The van der Waals surface area contributed by atoms with E-state index in [-0.39, 0.29) is 11.5 Å². The van der Waals surface area contributed by atoms with Crippen LogP contribution in [0.5, 0.6) is 0 Å². The van der Waals surface area contributed by atoms with Gasteiger partial charge in [-0.25, -0.2) is 4.98 Å². The van der Waals surface area contributed by atoms with Crippen LogP contribution in [0.25, 0.3) is 10.2 Å². The van der Waals surface area contributed by atoms with Gasteiger partial charge in [-0.15, -0.1) is 11.3 Å². The lowest BCUT2D eigenvalue weighted by atomic mass is 9.99. The molecule has 0 bridgehead atoms. The summed E-state index contributed by atoms with van der Waals surface area (Å²) in [5.41, 5.74) is 2.57. The maximum absolute atomic E-state index is 12.8. The van der Waals surface area contributed by atoms with Crippen molar-refractivity contribution in [1.82, 2.24) is 14.5 Å². The van der Waals surface area contributed by atoms with Crippen LogP contribution < -0.4 is 10.9 Å². The first-order valence-corrected chi connectivity index (χ1v) is 10.8. The van der Waals surface area contributed by atoms with Gasteiger partial charge in [-0.3, -0.25) is 14.5 Å². The van der Waals surface area contributed by atoms with Crippen molar-refractivity contribution in [2.75, 3.05) is 18.4 Å². The van der Waals surface area contributed by atoms with Crippen molar-refractivity contribution in [3.63, 3.8) is 0 Å². The average molecular weight is 411 g/mol. The molecule has 0 aliphatic carbocycles. The molecule has 1 N–H and O–H groups in total. The Kier molecular flexibility index (Phi) is 5.52. The standard InChI is InChI=1S/C22H26N4O2S/c1-14-8-10-26(11-9-14)12-16-4-6-17(7-5-16)24-20(27)19-15(2)18-21(29-19)23-13-25(3)22(18)28/h4-7,13-14H,8-12H2,1-3H3,(H,24,27). The first kappa shape index (κ1) is 19.8. The summed E-state index contributed by atoms with van der Waals surface area (Å²) >= 11 is 1.26. The summed E-state index contributed by atoms with van der Waals surface area (Å²) < 4.78 is 1.44. The average Bonchev–Trinajstić information content (AvgIpc) is 3.05. The Bertz CT molecular complexity index is 1090. The lowest BCUT2D eigenvalue weighted by molar-refractivity contribution is 0.103. The second-order valence-corrected chi connectivity index (χ2v) is 9.01. The number of hydrogen-bond acceptors (Lipinski definition) is 5. The summed E-state index contributed by atoms with van der Waals surface area (Å²) in [5, 5.41) is 3.48. The fourth-order valence-electron chi connectivity index (χ4n) is 3.79. The molecule has 1 aliphatic heterocycles. The van der Waals surface area contributed by atoms with E-state index in [1.54, 1.807) is 14.0 Å². The van der Waals surface area contributed by atoms with Crippen molar-refractivity contribution < 1.29 is 4.79 Å². The van der Waals surface area contributed by atoms with E-state index in [1.165, 1.54) is 40.6 Å². The minimum atomic E-state index is -0.203. The highest BCUT2D eigenvalue weighted by Gasteiger charge is 2.19. The number of hydrogen-bond donors (Lipinski definition) is 1. The van der Waals surface area contributed by atoms with Gasteiger partial charge < -0.3 is 9.88 Å². The molecule has 1 aliphatic rings. The Morgan fingerprint density at radius 1 is 1.24 bits per heavy atom. The van der Waals surface area contributed by atoms with Crippen LogP contribution >= 0.6 is 11.3 Å². The monoisotopic (exact) mass is 410 g/mol. The van der Waals surface area contributed by atoms with Crippen LogP contribution in [0.15, 0.2) is 35.4 Å².